The molecule has 0 spiro atoms. The predicted molar refractivity (Wildman–Crippen MR) is 87.8 cm³/mol. The van der Waals surface area contributed by atoms with Gasteiger partial charge < -0.3 is 9.30 Å². The van der Waals surface area contributed by atoms with E-state index >= 15 is 0 Å². The molecule has 3 rings (SSSR count). The normalized spacial score (nSPS) is 11.2. The maximum absolute atomic E-state index is 5.97. The molecule has 0 saturated heterocycles. The van der Waals surface area contributed by atoms with E-state index < -0.39 is 0 Å². The molecule has 2 nitrogen and oxygen atoms in total. The van der Waals surface area contributed by atoms with Crippen molar-refractivity contribution < 1.29 is 4.74 Å². The fourth-order valence-corrected chi connectivity index (χ4v) is 2.82. The predicted octanol–water partition coefficient (Wildman–Crippen LogP) is 5.11. The van der Waals surface area contributed by atoms with Crippen LogP contribution in [0.4, 0.5) is 0 Å². The van der Waals surface area contributed by atoms with E-state index in [1.54, 1.807) is 0 Å². The summed E-state index contributed by atoms with van der Waals surface area (Å²) in [4.78, 5) is 0. The third-order valence-corrected chi connectivity index (χ3v) is 3.72. The van der Waals surface area contributed by atoms with Crippen molar-refractivity contribution in [3.05, 3.63) is 65.9 Å². The quantitative estimate of drug-likeness (QED) is 0.647. The Morgan fingerprint density at radius 2 is 1.81 bits per heavy atom. The van der Waals surface area contributed by atoms with Gasteiger partial charge in [0.15, 0.2) is 0 Å². The van der Waals surface area contributed by atoms with Crippen LogP contribution in [0.25, 0.3) is 10.9 Å². The van der Waals surface area contributed by atoms with E-state index in [1.165, 1.54) is 22.2 Å². The summed E-state index contributed by atoms with van der Waals surface area (Å²) in [6.07, 6.45) is 0. The molecule has 1 heterocycles. The van der Waals surface area contributed by atoms with Crippen LogP contribution in [0.2, 0.25) is 0 Å². The van der Waals surface area contributed by atoms with Crippen LogP contribution in [0.15, 0.2) is 54.6 Å². The van der Waals surface area contributed by atoms with E-state index in [2.05, 4.69) is 67.8 Å². The van der Waals surface area contributed by atoms with Crippen LogP contribution in [0.3, 0.4) is 0 Å². The van der Waals surface area contributed by atoms with Crippen LogP contribution >= 0.6 is 0 Å². The molecule has 0 amide bonds. The maximum atomic E-state index is 5.97. The van der Waals surface area contributed by atoms with E-state index in [4.69, 9.17) is 4.74 Å². The Bertz CT molecular complexity index is 755. The van der Waals surface area contributed by atoms with Gasteiger partial charge in [-0.1, -0.05) is 30.3 Å². The molecule has 0 N–H and O–H groups in total. The zero-order valence-corrected chi connectivity index (χ0v) is 12.8. The number of rotatable bonds is 4. The molecule has 0 aliphatic heterocycles. The van der Waals surface area contributed by atoms with Crippen LogP contribution in [-0.4, -0.2) is 4.57 Å². The van der Waals surface area contributed by atoms with E-state index in [-0.39, 0.29) is 0 Å². The van der Waals surface area contributed by atoms with Gasteiger partial charge in [0, 0.05) is 11.6 Å². The van der Waals surface area contributed by atoms with Crippen LogP contribution in [0.5, 0.6) is 5.75 Å². The monoisotopic (exact) mass is 279 g/mol. The number of fused-ring (bicyclic) bond motifs is 1. The highest BCUT2D eigenvalue weighted by atomic mass is 16.5. The first-order valence-corrected chi connectivity index (χ1v) is 7.43. The molecule has 0 bridgehead atoms. The molecular formula is C19H21NO. The smallest absolute Gasteiger partial charge is 0.128 e. The van der Waals surface area contributed by atoms with Gasteiger partial charge in [0.25, 0.3) is 0 Å². The molecule has 0 aliphatic carbocycles. The Labute approximate surface area is 126 Å². The van der Waals surface area contributed by atoms with Crippen LogP contribution in [0.1, 0.15) is 31.1 Å². The maximum Gasteiger partial charge on any atom is 0.128 e. The molecular weight excluding hydrogens is 258 g/mol. The fraction of sp³-hybridized carbons (Fsp3) is 0.263. The molecule has 2 heteroatoms. The zero-order valence-electron chi connectivity index (χ0n) is 12.8. The highest BCUT2D eigenvalue weighted by molar-refractivity contribution is 5.81. The average molecular weight is 279 g/mol. The van der Waals surface area contributed by atoms with Gasteiger partial charge in [0.2, 0.25) is 0 Å². The fourth-order valence-electron chi connectivity index (χ4n) is 2.82. The van der Waals surface area contributed by atoms with Crippen LogP contribution in [-0.2, 0) is 6.61 Å². The second-order valence-electron chi connectivity index (χ2n) is 5.76. The molecule has 0 aliphatic rings. The minimum absolute atomic E-state index is 0.418. The molecule has 3 aromatic rings. The first-order chi connectivity index (χ1) is 10.1. The number of aryl methyl sites for hydroxylation is 1. The van der Waals surface area contributed by atoms with Crippen molar-refractivity contribution in [2.75, 3.05) is 0 Å². The first-order valence-electron chi connectivity index (χ1n) is 7.43. The summed E-state index contributed by atoms with van der Waals surface area (Å²) in [5.41, 5.74) is 3.71. The zero-order chi connectivity index (χ0) is 14.8. The van der Waals surface area contributed by atoms with Gasteiger partial charge in [0.05, 0.1) is 5.69 Å². The number of aromatic nitrogens is 1. The molecule has 0 fully saturated rings. The SMILES string of the molecule is Cc1cccc(OCc2cc3ccccc3n2C(C)C)c1. The Kier molecular flexibility index (Phi) is 3.70. The first kappa shape index (κ1) is 13.7. The molecule has 108 valence electrons. The minimum atomic E-state index is 0.418. The summed E-state index contributed by atoms with van der Waals surface area (Å²) < 4.78 is 8.32. The molecule has 0 radical (unpaired) electrons. The summed E-state index contributed by atoms with van der Waals surface area (Å²) in [5.74, 6) is 0.926. The van der Waals surface area contributed by atoms with Crippen molar-refractivity contribution in [3.63, 3.8) is 0 Å². The lowest BCUT2D eigenvalue weighted by Crippen LogP contribution is -2.08. The third kappa shape index (κ3) is 2.80. The van der Waals surface area contributed by atoms with E-state index in [0.29, 0.717) is 12.6 Å². The lowest BCUT2D eigenvalue weighted by molar-refractivity contribution is 0.293. The molecule has 0 unspecified atom stereocenters. The van der Waals surface area contributed by atoms with Gasteiger partial charge in [0.1, 0.15) is 12.4 Å². The molecule has 2 aromatic carbocycles. The molecule has 1 aromatic heterocycles. The van der Waals surface area contributed by atoms with E-state index in [1.807, 2.05) is 12.1 Å². The van der Waals surface area contributed by atoms with E-state index in [9.17, 15) is 0 Å². The largest absolute Gasteiger partial charge is 0.487 e. The molecule has 0 saturated carbocycles. The molecule has 0 atom stereocenters. The van der Waals surface area contributed by atoms with E-state index in [0.717, 1.165) is 5.75 Å². The van der Waals surface area contributed by atoms with Gasteiger partial charge in [-0.15, -0.1) is 0 Å². The number of hydrogen-bond donors (Lipinski definition) is 0. The van der Waals surface area contributed by atoms with Gasteiger partial charge in [-0.3, -0.25) is 0 Å². The highest BCUT2D eigenvalue weighted by Crippen LogP contribution is 2.25. The lowest BCUT2D eigenvalue weighted by atomic mass is 10.2. The average Bonchev–Trinajstić information content (AvgIpc) is 2.83. The lowest BCUT2D eigenvalue weighted by Gasteiger charge is -2.15. The van der Waals surface area contributed by atoms with Crippen molar-refractivity contribution in [2.24, 2.45) is 0 Å². The molecule has 21 heavy (non-hydrogen) atoms. The Hall–Kier alpha value is -2.22. The minimum Gasteiger partial charge on any atom is -0.487 e. The van der Waals surface area contributed by atoms with Gasteiger partial charge in [-0.25, -0.2) is 0 Å². The standard InChI is InChI=1S/C19H21NO/c1-14(2)20-17(12-16-8-4-5-10-19(16)20)13-21-18-9-6-7-15(3)11-18/h4-12,14H,13H2,1-3H3. The second-order valence-corrected chi connectivity index (χ2v) is 5.76. The summed E-state index contributed by atoms with van der Waals surface area (Å²) in [7, 11) is 0. The van der Waals surface area contributed by atoms with Crippen molar-refractivity contribution in [3.8, 4) is 5.75 Å². The van der Waals surface area contributed by atoms with Crippen molar-refractivity contribution in [1.29, 1.82) is 0 Å². The Morgan fingerprint density at radius 3 is 2.57 bits per heavy atom. The van der Waals surface area contributed by atoms with Gasteiger partial charge in [-0.2, -0.15) is 0 Å². The second kappa shape index (κ2) is 5.65. The Morgan fingerprint density at radius 1 is 1.00 bits per heavy atom. The summed E-state index contributed by atoms with van der Waals surface area (Å²) >= 11 is 0. The number of benzene rings is 2. The van der Waals surface area contributed by atoms with Crippen molar-refractivity contribution in [2.45, 2.75) is 33.4 Å². The van der Waals surface area contributed by atoms with Crippen molar-refractivity contribution in [1.82, 2.24) is 4.57 Å². The summed E-state index contributed by atoms with van der Waals surface area (Å²) in [5, 5.41) is 1.27. The topological polar surface area (TPSA) is 14.2 Å². The van der Waals surface area contributed by atoms with Crippen LogP contribution in [0, 0.1) is 6.92 Å². The number of hydrogen-bond acceptors (Lipinski definition) is 1. The number of nitrogens with zero attached hydrogens (tertiary/aromatic N) is 1. The summed E-state index contributed by atoms with van der Waals surface area (Å²) in [6, 6.07) is 19.3. The number of para-hydroxylation sites is 1. The van der Waals surface area contributed by atoms with Crippen LogP contribution < -0.4 is 4.74 Å². The highest BCUT2D eigenvalue weighted by Gasteiger charge is 2.11. The summed E-state index contributed by atoms with van der Waals surface area (Å²) in [6.45, 7) is 7.10. The third-order valence-electron chi connectivity index (χ3n) is 3.72. The van der Waals surface area contributed by atoms with Gasteiger partial charge >= 0.3 is 0 Å². The van der Waals surface area contributed by atoms with Crippen molar-refractivity contribution >= 4 is 10.9 Å². The number of ether oxygens (including phenoxy) is 1. The Balaban J connectivity index is 1.91. The van der Waals surface area contributed by atoms with Gasteiger partial charge in [-0.05, 0) is 56.0 Å².